The summed E-state index contributed by atoms with van der Waals surface area (Å²) in [5.74, 6) is 0.126. The van der Waals surface area contributed by atoms with E-state index in [1.54, 1.807) is 14.1 Å². The van der Waals surface area contributed by atoms with E-state index in [2.05, 4.69) is 0 Å². The number of hydroxylamine groups is 3. The van der Waals surface area contributed by atoms with Gasteiger partial charge in [-0.3, -0.25) is 4.79 Å². The minimum absolute atomic E-state index is 0.126. The fourth-order valence-electron chi connectivity index (χ4n) is 2.80. The lowest BCUT2D eigenvalue weighted by molar-refractivity contribution is -0.845. The summed E-state index contributed by atoms with van der Waals surface area (Å²) < 4.78 is -0.412. The summed E-state index contributed by atoms with van der Waals surface area (Å²) in [6.45, 7) is 2.27. The van der Waals surface area contributed by atoms with Gasteiger partial charge >= 0.3 is 0 Å². The molecule has 3 nitrogen and oxygen atoms in total. The molecule has 1 aromatic rings. The number of fused-ring (bicyclic) bond motifs is 1. The van der Waals surface area contributed by atoms with Crippen molar-refractivity contribution in [2.45, 2.75) is 19.8 Å². The first-order valence-corrected chi connectivity index (χ1v) is 5.99. The molecule has 0 aliphatic heterocycles. The molecule has 92 valence electrons. The first-order chi connectivity index (χ1) is 7.82. The minimum Gasteiger partial charge on any atom is -0.633 e. The number of rotatable bonds is 2. The van der Waals surface area contributed by atoms with Crippen LogP contribution in [0.2, 0.25) is 0 Å². The summed E-state index contributed by atoms with van der Waals surface area (Å²) in [6.07, 6.45) is 1.66. The average molecular weight is 233 g/mol. The van der Waals surface area contributed by atoms with E-state index < -0.39 is 10.1 Å². The Hall–Kier alpha value is -1.19. The number of carbonyl (C=O) groups is 1. The Morgan fingerprint density at radius 3 is 2.65 bits per heavy atom. The fraction of sp³-hybridized carbons (Fsp3) is 0.500. The zero-order valence-electron chi connectivity index (χ0n) is 10.7. The number of ketones is 1. The molecule has 1 aliphatic rings. The van der Waals surface area contributed by atoms with E-state index in [-0.39, 0.29) is 5.78 Å². The van der Waals surface area contributed by atoms with E-state index in [9.17, 15) is 10.0 Å². The third-order valence-electron chi connectivity index (χ3n) is 3.49. The number of hydrogen-bond donors (Lipinski definition) is 0. The van der Waals surface area contributed by atoms with Gasteiger partial charge in [-0.25, -0.2) is 0 Å². The molecule has 3 heteroatoms. The molecule has 0 bridgehead atoms. The highest BCUT2D eigenvalue weighted by Crippen LogP contribution is 2.36. The minimum atomic E-state index is -0.514. The molecule has 0 saturated heterocycles. The van der Waals surface area contributed by atoms with Gasteiger partial charge < -0.3 is 9.85 Å². The van der Waals surface area contributed by atoms with Gasteiger partial charge in [0.15, 0.2) is 5.78 Å². The highest BCUT2D eigenvalue weighted by atomic mass is 16.5. The van der Waals surface area contributed by atoms with Crippen LogP contribution in [0.3, 0.4) is 0 Å². The van der Waals surface area contributed by atoms with Gasteiger partial charge in [0.1, 0.15) is 0 Å². The highest BCUT2D eigenvalue weighted by molar-refractivity contribution is 6.02. The van der Waals surface area contributed by atoms with Gasteiger partial charge in [0.05, 0.1) is 26.1 Å². The van der Waals surface area contributed by atoms with Gasteiger partial charge in [0.25, 0.3) is 0 Å². The van der Waals surface area contributed by atoms with Crippen LogP contribution in [0.5, 0.6) is 0 Å². The second kappa shape index (κ2) is 3.93. The normalized spacial score (nSPS) is 24.6. The van der Waals surface area contributed by atoms with Crippen LogP contribution in [-0.4, -0.2) is 31.1 Å². The lowest BCUT2D eigenvalue weighted by Gasteiger charge is -2.43. The van der Waals surface area contributed by atoms with Crippen molar-refractivity contribution in [3.05, 3.63) is 40.6 Å². The number of quaternary nitrogens is 1. The largest absolute Gasteiger partial charge is 0.633 e. The van der Waals surface area contributed by atoms with E-state index >= 15 is 0 Å². The van der Waals surface area contributed by atoms with E-state index in [0.717, 1.165) is 24.0 Å². The second-order valence-electron chi connectivity index (χ2n) is 5.78. The van der Waals surface area contributed by atoms with Crippen LogP contribution in [0.15, 0.2) is 24.3 Å². The summed E-state index contributed by atoms with van der Waals surface area (Å²) >= 11 is 0. The van der Waals surface area contributed by atoms with Crippen LogP contribution >= 0.6 is 0 Å². The Morgan fingerprint density at radius 2 is 2.00 bits per heavy atom. The summed E-state index contributed by atoms with van der Waals surface area (Å²) in [7, 11) is 3.19. The molecular weight excluding hydrogens is 214 g/mol. The Balaban J connectivity index is 2.34. The number of benzene rings is 1. The highest BCUT2D eigenvalue weighted by Gasteiger charge is 2.41. The summed E-state index contributed by atoms with van der Waals surface area (Å²) in [6, 6.07) is 7.73. The topological polar surface area (TPSA) is 40.1 Å². The molecule has 0 spiro atoms. The number of Topliss-reactive ketones (excluding diaryl/α,β-unsaturated/α-hetero) is 1. The molecule has 0 radical (unpaired) electrons. The fourth-order valence-corrected chi connectivity index (χ4v) is 2.80. The number of hydrogen-bond acceptors (Lipinski definition) is 2. The molecule has 1 aromatic carbocycles. The third kappa shape index (κ3) is 2.40. The van der Waals surface area contributed by atoms with Crippen molar-refractivity contribution in [1.29, 1.82) is 0 Å². The Bertz CT molecular complexity index is 448. The lowest BCUT2D eigenvalue weighted by atomic mass is 9.71. The average Bonchev–Trinajstić information content (AvgIpc) is 2.22. The van der Waals surface area contributed by atoms with Crippen molar-refractivity contribution in [3.63, 3.8) is 0 Å². The summed E-state index contributed by atoms with van der Waals surface area (Å²) in [5.41, 5.74) is 1.40. The molecule has 2 rings (SSSR count). The SMILES string of the molecule is CC1(C[N+](C)(C)[O-])CCc2ccccc2C1=O. The van der Waals surface area contributed by atoms with Crippen molar-refractivity contribution < 1.29 is 9.44 Å². The van der Waals surface area contributed by atoms with Gasteiger partial charge in [0, 0.05) is 5.56 Å². The lowest BCUT2D eigenvalue weighted by Crippen LogP contribution is -2.48. The van der Waals surface area contributed by atoms with Crippen LogP contribution < -0.4 is 0 Å². The van der Waals surface area contributed by atoms with E-state index in [4.69, 9.17) is 0 Å². The molecule has 1 atom stereocenters. The molecule has 0 aromatic heterocycles. The van der Waals surface area contributed by atoms with Gasteiger partial charge in [0.2, 0.25) is 0 Å². The molecule has 1 unspecified atom stereocenters. The van der Waals surface area contributed by atoms with Crippen LogP contribution in [0, 0.1) is 10.6 Å². The monoisotopic (exact) mass is 233 g/mol. The van der Waals surface area contributed by atoms with Gasteiger partial charge in [-0.05, 0) is 25.3 Å². The molecular formula is C14H19NO2. The zero-order chi connectivity index (χ0) is 12.7. The van der Waals surface area contributed by atoms with E-state index in [1.165, 1.54) is 0 Å². The van der Waals surface area contributed by atoms with Crippen LogP contribution in [0.25, 0.3) is 0 Å². The van der Waals surface area contributed by atoms with E-state index in [1.807, 2.05) is 31.2 Å². The maximum Gasteiger partial charge on any atom is 0.174 e. The zero-order valence-corrected chi connectivity index (χ0v) is 10.7. The number of carbonyl (C=O) groups excluding carboxylic acids is 1. The van der Waals surface area contributed by atoms with Crippen LogP contribution in [0.1, 0.15) is 29.3 Å². The molecule has 0 N–H and O–H groups in total. The first kappa shape index (κ1) is 12.3. The van der Waals surface area contributed by atoms with Crippen molar-refractivity contribution in [2.75, 3.05) is 20.6 Å². The summed E-state index contributed by atoms with van der Waals surface area (Å²) in [4.78, 5) is 12.5. The van der Waals surface area contributed by atoms with Gasteiger partial charge in [-0.1, -0.05) is 24.3 Å². The predicted octanol–water partition coefficient (Wildman–Crippen LogP) is 2.40. The standard InChI is InChI=1S/C14H19NO2/c1-14(10-15(2,3)17)9-8-11-6-4-5-7-12(11)13(14)16/h4-7H,8-10H2,1-3H3. The Morgan fingerprint density at radius 1 is 1.35 bits per heavy atom. The predicted molar refractivity (Wildman–Crippen MR) is 67.5 cm³/mol. The van der Waals surface area contributed by atoms with Crippen molar-refractivity contribution in [1.82, 2.24) is 0 Å². The van der Waals surface area contributed by atoms with Crippen molar-refractivity contribution >= 4 is 5.78 Å². The third-order valence-corrected chi connectivity index (χ3v) is 3.49. The number of aryl methyl sites for hydroxylation is 1. The van der Waals surface area contributed by atoms with E-state index in [0.29, 0.717) is 6.54 Å². The van der Waals surface area contributed by atoms with Gasteiger partial charge in [-0.15, -0.1) is 0 Å². The number of nitrogens with zero attached hydrogens (tertiary/aromatic N) is 1. The summed E-state index contributed by atoms with van der Waals surface area (Å²) in [5, 5.41) is 11.8. The quantitative estimate of drug-likeness (QED) is 0.581. The first-order valence-electron chi connectivity index (χ1n) is 5.99. The van der Waals surface area contributed by atoms with Gasteiger partial charge in [-0.2, -0.15) is 0 Å². The van der Waals surface area contributed by atoms with Crippen LogP contribution in [-0.2, 0) is 6.42 Å². The molecule has 0 fully saturated rings. The molecule has 17 heavy (non-hydrogen) atoms. The smallest absolute Gasteiger partial charge is 0.174 e. The maximum atomic E-state index is 12.5. The van der Waals surface area contributed by atoms with Crippen molar-refractivity contribution in [2.24, 2.45) is 5.41 Å². The second-order valence-corrected chi connectivity index (χ2v) is 5.78. The van der Waals surface area contributed by atoms with Crippen molar-refractivity contribution in [3.8, 4) is 0 Å². The van der Waals surface area contributed by atoms with Crippen LogP contribution in [0.4, 0.5) is 0 Å². The Labute approximate surface area is 102 Å². The maximum absolute atomic E-state index is 12.5. The molecule has 0 saturated carbocycles. The Kier molecular flexibility index (Phi) is 2.84. The molecule has 0 amide bonds. The molecule has 0 heterocycles. The molecule has 1 aliphatic carbocycles.